The standard InChI is InChI=1S/C23H25N3O3.ClH/c24-20(15-7-3-1-4-8-15)14-25-21(27)16-11-12-18-19(13-16)23(29)26(22(18)28)17-9-5-2-6-10-17;/h1,3-4,7-8,11-13,17,20H,2,5-6,9-10,14,24H2,(H,25,27);1H. The lowest BCUT2D eigenvalue weighted by atomic mass is 9.94. The van der Waals surface area contributed by atoms with Gasteiger partial charge in [0.25, 0.3) is 17.7 Å². The van der Waals surface area contributed by atoms with E-state index in [1.807, 2.05) is 30.3 Å². The molecular weight excluding hydrogens is 402 g/mol. The summed E-state index contributed by atoms with van der Waals surface area (Å²) in [6.45, 7) is 0.279. The van der Waals surface area contributed by atoms with Gasteiger partial charge in [-0.25, -0.2) is 0 Å². The zero-order valence-electron chi connectivity index (χ0n) is 16.7. The number of fused-ring (bicyclic) bond motifs is 1. The fourth-order valence-corrected chi connectivity index (χ4v) is 4.19. The van der Waals surface area contributed by atoms with Gasteiger partial charge in [0.2, 0.25) is 0 Å². The molecule has 1 aliphatic carbocycles. The predicted octanol–water partition coefficient (Wildman–Crippen LogP) is 3.47. The molecule has 1 heterocycles. The number of nitrogens with zero attached hydrogens (tertiary/aromatic N) is 1. The van der Waals surface area contributed by atoms with E-state index in [0.717, 1.165) is 37.7 Å². The van der Waals surface area contributed by atoms with E-state index < -0.39 is 0 Å². The van der Waals surface area contributed by atoms with Crippen molar-refractivity contribution in [2.75, 3.05) is 6.54 Å². The summed E-state index contributed by atoms with van der Waals surface area (Å²) in [7, 11) is 0. The molecule has 3 N–H and O–H groups in total. The van der Waals surface area contributed by atoms with Crippen molar-refractivity contribution >= 4 is 30.1 Å². The van der Waals surface area contributed by atoms with E-state index >= 15 is 0 Å². The minimum atomic E-state index is -0.320. The molecule has 2 aliphatic rings. The summed E-state index contributed by atoms with van der Waals surface area (Å²) in [5, 5.41) is 2.82. The average molecular weight is 428 g/mol. The topological polar surface area (TPSA) is 92.5 Å². The monoisotopic (exact) mass is 427 g/mol. The van der Waals surface area contributed by atoms with Crippen LogP contribution in [0, 0.1) is 0 Å². The number of nitrogens with two attached hydrogens (primary N) is 1. The van der Waals surface area contributed by atoms with E-state index in [0.29, 0.717) is 16.7 Å². The largest absolute Gasteiger partial charge is 0.350 e. The highest BCUT2D eigenvalue weighted by atomic mass is 35.5. The molecule has 0 aromatic heterocycles. The van der Waals surface area contributed by atoms with Crippen LogP contribution in [0.2, 0.25) is 0 Å². The van der Waals surface area contributed by atoms with Gasteiger partial charge >= 0.3 is 0 Å². The summed E-state index contributed by atoms with van der Waals surface area (Å²) in [6.07, 6.45) is 4.93. The lowest BCUT2D eigenvalue weighted by Crippen LogP contribution is -2.40. The van der Waals surface area contributed by atoms with E-state index in [-0.39, 0.29) is 48.8 Å². The lowest BCUT2D eigenvalue weighted by Gasteiger charge is -2.29. The Morgan fingerprint density at radius 3 is 2.37 bits per heavy atom. The molecule has 1 atom stereocenters. The maximum absolute atomic E-state index is 12.9. The molecule has 1 aliphatic heterocycles. The Morgan fingerprint density at radius 2 is 1.67 bits per heavy atom. The Bertz CT molecular complexity index is 942. The predicted molar refractivity (Wildman–Crippen MR) is 117 cm³/mol. The Hall–Kier alpha value is -2.70. The summed E-state index contributed by atoms with van der Waals surface area (Å²) in [4.78, 5) is 39.6. The van der Waals surface area contributed by atoms with Gasteiger partial charge in [-0.05, 0) is 36.6 Å². The van der Waals surface area contributed by atoms with Crippen LogP contribution in [-0.2, 0) is 0 Å². The number of amides is 3. The number of carbonyl (C=O) groups excluding carboxylic acids is 3. The molecule has 6 nitrogen and oxygen atoms in total. The smallest absolute Gasteiger partial charge is 0.261 e. The number of nitrogens with one attached hydrogen (secondary N) is 1. The lowest BCUT2D eigenvalue weighted by molar-refractivity contribution is 0.0549. The van der Waals surface area contributed by atoms with Crippen molar-refractivity contribution in [3.63, 3.8) is 0 Å². The summed E-state index contributed by atoms with van der Waals surface area (Å²) in [5.74, 6) is -0.835. The van der Waals surface area contributed by atoms with E-state index in [9.17, 15) is 14.4 Å². The van der Waals surface area contributed by atoms with Gasteiger partial charge in [0.05, 0.1) is 11.1 Å². The fourth-order valence-electron chi connectivity index (χ4n) is 4.19. The number of carbonyl (C=O) groups is 3. The van der Waals surface area contributed by atoms with Crippen LogP contribution in [-0.4, -0.2) is 35.2 Å². The number of rotatable bonds is 5. The Kier molecular flexibility index (Phi) is 6.90. The zero-order chi connectivity index (χ0) is 20.4. The Morgan fingerprint density at radius 1 is 1.00 bits per heavy atom. The number of hydrogen-bond acceptors (Lipinski definition) is 4. The first kappa shape index (κ1) is 22.0. The minimum Gasteiger partial charge on any atom is -0.350 e. The van der Waals surface area contributed by atoms with Gasteiger partial charge in [0.15, 0.2) is 0 Å². The van der Waals surface area contributed by atoms with Crippen LogP contribution >= 0.6 is 12.4 Å². The van der Waals surface area contributed by atoms with Gasteiger partial charge in [0, 0.05) is 24.2 Å². The van der Waals surface area contributed by atoms with Crippen LogP contribution in [0.25, 0.3) is 0 Å². The molecule has 0 radical (unpaired) electrons. The average Bonchev–Trinajstić information content (AvgIpc) is 3.02. The number of halogens is 1. The van der Waals surface area contributed by atoms with Crippen molar-refractivity contribution < 1.29 is 14.4 Å². The van der Waals surface area contributed by atoms with Gasteiger partial charge in [-0.3, -0.25) is 19.3 Å². The second kappa shape index (κ2) is 9.41. The van der Waals surface area contributed by atoms with Crippen LogP contribution < -0.4 is 11.1 Å². The maximum atomic E-state index is 12.9. The van der Waals surface area contributed by atoms with E-state index in [1.54, 1.807) is 12.1 Å². The molecule has 0 saturated heterocycles. The van der Waals surface area contributed by atoms with E-state index in [4.69, 9.17) is 5.73 Å². The summed E-state index contributed by atoms with van der Waals surface area (Å²) in [5.41, 5.74) is 8.13. The van der Waals surface area contributed by atoms with Gasteiger partial charge in [0.1, 0.15) is 0 Å². The number of benzene rings is 2. The maximum Gasteiger partial charge on any atom is 0.261 e. The quantitative estimate of drug-likeness (QED) is 0.714. The van der Waals surface area contributed by atoms with Crippen molar-refractivity contribution in [3.8, 4) is 0 Å². The normalized spacial score (nSPS) is 17.3. The van der Waals surface area contributed by atoms with Crippen molar-refractivity contribution in [1.29, 1.82) is 0 Å². The molecule has 1 unspecified atom stereocenters. The van der Waals surface area contributed by atoms with Gasteiger partial charge < -0.3 is 11.1 Å². The molecule has 3 amide bonds. The minimum absolute atomic E-state index is 0. The van der Waals surface area contributed by atoms with Crippen molar-refractivity contribution in [3.05, 3.63) is 70.8 Å². The Balaban J connectivity index is 0.00000256. The first-order valence-electron chi connectivity index (χ1n) is 10.2. The van der Waals surface area contributed by atoms with Crippen molar-refractivity contribution in [2.45, 2.75) is 44.2 Å². The summed E-state index contributed by atoms with van der Waals surface area (Å²) < 4.78 is 0. The molecular formula is C23H26ClN3O3. The SMILES string of the molecule is Cl.NC(CNC(=O)c1ccc2c(c1)C(=O)N(C1CCCCC1)C2=O)c1ccccc1. The van der Waals surface area contributed by atoms with E-state index in [2.05, 4.69) is 5.32 Å². The molecule has 30 heavy (non-hydrogen) atoms. The molecule has 0 bridgehead atoms. The summed E-state index contributed by atoms with van der Waals surface area (Å²) >= 11 is 0. The third kappa shape index (κ3) is 4.25. The van der Waals surface area contributed by atoms with Gasteiger partial charge in [-0.2, -0.15) is 0 Å². The third-order valence-electron chi connectivity index (χ3n) is 5.83. The molecule has 1 fully saturated rings. The Labute approximate surface area is 182 Å². The molecule has 2 aromatic rings. The fraction of sp³-hybridized carbons (Fsp3) is 0.348. The highest BCUT2D eigenvalue weighted by Crippen LogP contribution is 2.31. The molecule has 7 heteroatoms. The van der Waals surface area contributed by atoms with Crippen LogP contribution in [0.15, 0.2) is 48.5 Å². The summed E-state index contributed by atoms with van der Waals surface area (Å²) in [6, 6.07) is 13.9. The number of hydrogen-bond donors (Lipinski definition) is 2. The zero-order valence-corrected chi connectivity index (χ0v) is 17.5. The van der Waals surface area contributed by atoms with Crippen molar-refractivity contribution in [2.24, 2.45) is 5.73 Å². The highest BCUT2D eigenvalue weighted by molar-refractivity contribution is 6.22. The van der Waals surface area contributed by atoms with Crippen LogP contribution in [0.4, 0.5) is 0 Å². The van der Waals surface area contributed by atoms with E-state index in [1.165, 1.54) is 11.0 Å². The van der Waals surface area contributed by atoms with Crippen LogP contribution in [0.1, 0.15) is 74.8 Å². The van der Waals surface area contributed by atoms with Gasteiger partial charge in [-0.15, -0.1) is 12.4 Å². The van der Waals surface area contributed by atoms with Crippen LogP contribution in [0.5, 0.6) is 0 Å². The van der Waals surface area contributed by atoms with Gasteiger partial charge in [-0.1, -0.05) is 49.6 Å². The molecule has 158 valence electrons. The van der Waals surface area contributed by atoms with Crippen molar-refractivity contribution in [1.82, 2.24) is 10.2 Å². The molecule has 4 rings (SSSR count). The molecule has 0 spiro atoms. The third-order valence-corrected chi connectivity index (χ3v) is 5.83. The van der Waals surface area contributed by atoms with Crippen LogP contribution in [0.3, 0.4) is 0 Å². The molecule has 2 aromatic carbocycles. The second-order valence-corrected chi connectivity index (χ2v) is 7.76. The number of imide groups is 1. The first-order chi connectivity index (χ1) is 14.1. The highest BCUT2D eigenvalue weighted by Gasteiger charge is 2.40. The first-order valence-corrected chi connectivity index (χ1v) is 10.2. The molecule has 1 saturated carbocycles. The second-order valence-electron chi connectivity index (χ2n) is 7.76.